The van der Waals surface area contributed by atoms with Crippen LogP contribution in [0.2, 0.25) is 0 Å². The Balaban J connectivity index is 2.79. The predicted molar refractivity (Wildman–Crippen MR) is 40.5 cm³/mol. The van der Waals surface area contributed by atoms with Crippen LogP contribution in [0.4, 0.5) is 0 Å². The van der Waals surface area contributed by atoms with E-state index in [0.717, 1.165) is 0 Å². The number of nitrogens with one attached hydrogen (secondary N) is 1. The number of halogens is 1. The molecule has 3 heteroatoms. The molecule has 0 spiro atoms. The van der Waals surface area contributed by atoms with Crippen LogP contribution in [0.3, 0.4) is 0 Å². The first kappa shape index (κ1) is 7.17. The Kier molecular flexibility index (Phi) is 1.98. The van der Waals surface area contributed by atoms with E-state index in [-0.39, 0.29) is 5.88 Å². The van der Waals surface area contributed by atoms with Crippen molar-refractivity contribution in [2.75, 3.05) is 5.88 Å². The summed E-state index contributed by atoms with van der Waals surface area (Å²) in [5.41, 5.74) is -0.684. The zero-order valence-corrected chi connectivity index (χ0v) is 6.10. The molecule has 0 bridgehead atoms. The van der Waals surface area contributed by atoms with E-state index in [1.54, 1.807) is 12.3 Å². The molecule has 0 amide bonds. The quantitative estimate of drug-likeness (QED) is 0.576. The Labute approximate surface area is 64.8 Å². The van der Waals surface area contributed by atoms with E-state index >= 15 is 0 Å². The van der Waals surface area contributed by atoms with Crippen LogP contribution >= 0.6 is 11.6 Å². The third-order valence-corrected chi connectivity index (χ3v) is 1.76. The van der Waals surface area contributed by atoms with Crippen LogP contribution in [0, 0.1) is 11.3 Å². The van der Waals surface area contributed by atoms with Crippen molar-refractivity contribution in [1.29, 1.82) is 5.26 Å². The molecule has 0 fully saturated rings. The second-order valence-corrected chi connectivity index (χ2v) is 2.35. The molecule has 0 aromatic rings. The zero-order chi connectivity index (χ0) is 7.45. The minimum Gasteiger partial charge on any atom is -0.369 e. The molecular weight excluding hydrogens is 148 g/mol. The lowest BCUT2D eigenvalue weighted by Gasteiger charge is -2.21. The molecule has 0 aromatic carbocycles. The summed E-state index contributed by atoms with van der Waals surface area (Å²) in [4.78, 5) is 0. The van der Waals surface area contributed by atoms with Gasteiger partial charge in [0.15, 0.2) is 5.54 Å². The van der Waals surface area contributed by atoms with E-state index < -0.39 is 5.54 Å². The van der Waals surface area contributed by atoms with Crippen LogP contribution in [-0.2, 0) is 0 Å². The largest absolute Gasteiger partial charge is 0.369 e. The number of hydrogen-bond acceptors (Lipinski definition) is 2. The molecular formula is C7H7ClN2. The van der Waals surface area contributed by atoms with Gasteiger partial charge in [0, 0.05) is 0 Å². The fraction of sp³-hybridized carbons (Fsp3) is 0.286. The summed E-state index contributed by atoms with van der Waals surface area (Å²) in [6, 6.07) is 2.09. The zero-order valence-electron chi connectivity index (χ0n) is 5.34. The maximum absolute atomic E-state index is 8.66. The smallest absolute Gasteiger partial charge is 0.157 e. The van der Waals surface area contributed by atoms with Gasteiger partial charge in [-0.1, -0.05) is 6.08 Å². The van der Waals surface area contributed by atoms with Crippen molar-refractivity contribution in [3.63, 3.8) is 0 Å². The molecule has 1 unspecified atom stereocenters. The van der Waals surface area contributed by atoms with Crippen LogP contribution in [-0.4, -0.2) is 11.4 Å². The van der Waals surface area contributed by atoms with Crippen molar-refractivity contribution in [3.05, 3.63) is 24.4 Å². The summed E-state index contributed by atoms with van der Waals surface area (Å²) in [5, 5.41) is 11.5. The lowest BCUT2D eigenvalue weighted by molar-refractivity contribution is 0.632. The highest BCUT2D eigenvalue weighted by molar-refractivity contribution is 6.19. The fourth-order valence-electron chi connectivity index (χ4n) is 0.703. The van der Waals surface area contributed by atoms with E-state index in [2.05, 4.69) is 11.4 Å². The van der Waals surface area contributed by atoms with Crippen LogP contribution in [0.25, 0.3) is 0 Å². The number of rotatable bonds is 1. The van der Waals surface area contributed by atoms with Crippen molar-refractivity contribution >= 4 is 11.6 Å². The van der Waals surface area contributed by atoms with Crippen molar-refractivity contribution in [3.8, 4) is 6.07 Å². The van der Waals surface area contributed by atoms with Gasteiger partial charge in [-0.15, -0.1) is 11.6 Å². The molecule has 1 N–H and O–H groups in total. The summed E-state index contributed by atoms with van der Waals surface area (Å²) in [5.74, 6) is 0.268. The molecule has 2 nitrogen and oxygen atoms in total. The molecule has 0 aromatic heterocycles. The highest BCUT2D eigenvalue weighted by Crippen LogP contribution is 2.11. The fourth-order valence-corrected chi connectivity index (χ4v) is 0.929. The first-order valence-electron chi connectivity index (χ1n) is 2.92. The first-order valence-corrected chi connectivity index (χ1v) is 3.46. The summed E-state index contributed by atoms with van der Waals surface area (Å²) in [7, 11) is 0. The van der Waals surface area contributed by atoms with Gasteiger partial charge in [-0.2, -0.15) is 5.26 Å². The molecule has 1 aliphatic heterocycles. The minimum absolute atomic E-state index is 0.268. The molecule has 0 saturated carbocycles. The monoisotopic (exact) mass is 154 g/mol. The molecule has 1 atom stereocenters. The Morgan fingerprint density at radius 1 is 1.60 bits per heavy atom. The maximum Gasteiger partial charge on any atom is 0.157 e. The topological polar surface area (TPSA) is 35.8 Å². The van der Waals surface area contributed by atoms with Gasteiger partial charge in [-0.3, -0.25) is 0 Å². The van der Waals surface area contributed by atoms with Crippen LogP contribution in [0.1, 0.15) is 0 Å². The van der Waals surface area contributed by atoms with Gasteiger partial charge in [0.2, 0.25) is 0 Å². The first-order chi connectivity index (χ1) is 4.83. The van der Waals surface area contributed by atoms with Crippen LogP contribution < -0.4 is 5.32 Å². The van der Waals surface area contributed by atoms with Gasteiger partial charge < -0.3 is 5.32 Å². The van der Waals surface area contributed by atoms with Crippen molar-refractivity contribution in [2.45, 2.75) is 5.54 Å². The summed E-state index contributed by atoms with van der Waals surface area (Å²) < 4.78 is 0. The number of dihydropyridines is 1. The highest BCUT2D eigenvalue weighted by atomic mass is 35.5. The lowest BCUT2D eigenvalue weighted by Crippen LogP contribution is -2.41. The van der Waals surface area contributed by atoms with Crippen molar-refractivity contribution in [2.24, 2.45) is 0 Å². The predicted octanol–water partition coefficient (Wildman–Crippen LogP) is 1.16. The summed E-state index contributed by atoms with van der Waals surface area (Å²) in [6.07, 6.45) is 7.09. The number of nitriles is 1. The highest BCUT2D eigenvalue weighted by Gasteiger charge is 2.24. The summed E-state index contributed by atoms with van der Waals surface area (Å²) in [6.45, 7) is 0. The minimum atomic E-state index is -0.684. The molecule has 1 aliphatic rings. The van der Waals surface area contributed by atoms with E-state index in [9.17, 15) is 0 Å². The number of alkyl halides is 1. The van der Waals surface area contributed by atoms with E-state index in [1.165, 1.54) is 0 Å². The van der Waals surface area contributed by atoms with Gasteiger partial charge >= 0.3 is 0 Å². The standard InChI is InChI=1S/C7H7ClN2/c8-5-7(6-9)3-1-2-4-10-7/h1-4,10H,5H2. The van der Waals surface area contributed by atoms with E-state index in [4.69, 9.17) is 16.9 Å². The average molecular weight is 155 g/mol. The van der Waals surface area contributed by atoms with Gasteiger partial charge in [0.05, 0.1) is 11.9 Å². The van der Waals surface area contributed by atoms with Gasteiger partial charge in [-0.05, 0) is 18.4 Å². The molecule has 10 heavy (non-hydrogen) atoms. The third-order valence-electron chi connectivity index (χ3n) is 1.34. The normalized spacial score (nSPS) is 29.2. The van der Waals surface area contributed by atoms with Gasteiger partial charge in [-0.25, -0.2) is 0 Å². The summed E-state index contributed by atoms with van der Waals surface area (Å²) >= 11 is 5.57. The van der Waals surface area contributed by atoms with Gasteiger partial charge in [0.25, 0.3) is 0 Å². The second-order valence-electron chi connectivity index (χ2n) is 2.08. The molecule has 1 heterocycles. The van der Waals surface area contributed by atoms with Crippen LogP contribution in [0.15, 0.2) is 24.4 Å². The Bertz CT molecular complexity index is 214. The molecule has 52 valence electrons. The van der Waals surface area contributed by atoms with Crippen LogP contribution in [0.5, 0.6) is 0 Å². The maximum atomic E-state index is 8.66. The molecule has 0 radical (unpaired) electrons. The Hall–Kier alpha value is -0.940. The van der Waals surface area contributed by atoms with E-state index in [1.807, 2.05) is 12.2 Å². The molecule has 0 aliphatic carbocycles. The third kappa shape index (κ3) is 1.14. The van der Waals surface area contributed by atoms with E-state index in [0.29, 0.717) is 0 Å². The Morgan fingerprint density at radius 2 is 2.40 bits per heavy atom. The Morgan fingerprint density at radius 3 is 2.70 bits per heavy atom. The van der Waals surface area contributed by atoms with Crippen molar-refractivity contribution < 1.29 is 0 Å². The molecule has 0 saturated heterocycles. The molecule has 1 rings (SSSR count). The SMILES string of the molecule is N#CC1(CCl)C=CC=CN1. The number of hydrogen-bond donors (Lipinski definition) is 1. The number of allylic oxidation sites excluding steroid dienone is 2. The number of nitrogens with zero attached hydrogens (tertiary/aromatic N) is 1. The lowest BCUT2D eigenvalue weighted by atomic mass is 10.0. The van der Waals surface area contributed by atoms with Crippen molar-refractivity contribution in [1.82, 2.24) is 5.32 Å². The average Bonchev–Trinajstić information content (AvgIpc) is 2.06. The second kappa shape index (κ2) is 2.76. The van der Waals surface area contributed by atoms with Gasteiger partial charge in [0.1, 0.15) is 0 Å².